The van der Waals surface area contributed by atoms with Gasteiger partial charge in [-0.05, 0) is 6.92 Å². The number of hydrogen-bond acceptors (Lipinski definition) is 4. The highest BCUT2D eigenvalue weighted by molar-refractivity contribution is 5.62. The molecule has 0 fully saturated rings. The van der Waals surface area contributed by atoms with Crippen molar-refractivity contribution in [2.24, 2.45) is 0 Å². The van der Waals surface area contributed by atoms with Crippen LogP contribution in [0.4, 0.5) is 0 Å². The van der Waals surface area contributed by atoms with E-state index in [9.17, 15) is 0 Å². The Morgan fingerprint density at radius 3 is 1.73 bits per heavy atom. The Labute approximate surface area is 65.2 Å². The van der Waals surface area contributed by atoms with Gasteiger partial charge in [-0.15, -0.1) is 0 Å². The van der Waals surface area contributed by atoms with E-state index in [2.05, 4.69) is 4.74 Å². The van der Waals surface area contributed by atoms with E-state index in [-0.39, 0.29) is 0 Å². The molecule has 68 valence electrons. The Kier molecular flexibility index (Phi) is 8.80. The van der Waals surface area contributed by atoms with E-state index in [1.165, 1.54) is 14.0 Å². The van der Waals surface area contributed by atoms with E-state index < -0.39 is 18.4 Å². The second-order valence-corrected chi connectivity index (χ2v) is 1.89. The Balaban J connectivity index is 0. The highest BCUT2D eigenvalue weighted by Gasteiger charge is 2.06. The van der Waals surface area contributed by atoms with Gasteiger partial charge in [0.15, 0.2) is 6.29 Å². The fourth-order valence-electron chi connectivity index (χ4n) is 0.197. The molecule has 5 heteroatoms. The van der Waals surface area contributed by atoms with Crippen LogP contribution in [0.15, 0.2) is 0 Å². The summed E-state index contributed by atoms with van der Waals surface area (Å²) in [6.45, 7) is 2.54. The lowest BCUT2D eigenvalue weighted by Crippen LogP contribution is -2.23. The number of hydrogen-bond donors (Lipinski definition) is 3. The molecule has 2 atom stereocenters. The minimum absolute atomic E-state index is 0.801. The van der Waals surface area contributed by atoms with Gasteiger partial charge >= 0.3 is 0 Å². The van der Waals surface area contributed by atoms with E-state index in [0.29, 0.717) is 0 Å². The van der Waals surface area contributed by atoms with Crippen LogP contribution in [0.2, 0.25) is 0 Å². The second kappa shape index (κ2) is 7.46. The van der Waals surface area contributed by atoms with Crippen LogP contribution in [0.25, 0.3) is 0 Å². The monoisotopic (exact) mass is 166 g/mol. The number of ether oxygens (including phenoxy) is 1. The van der Waals surface area contributed by atoms with E-state index in [4.69, 9.17) is 20.1 Å². The van der Waals surface area contributed by atoms with Crippen LogP contribution in [0.3, 0.4) is 0 Å². The van der Waals surface area contributed by atoms with E-state index in [1.54, 1.807) is 0 Å². The number of carboxylic acids is 1. The fraction of sp³-hybridized carbons (Fsp3) is 0.833. The number of rotatable bonds is 2. The van der Waals surface area contributed by atoms with E-state index >= 15 is 0 Å². The van der Waals surface area contributed by atoms with Crippen molar-refractivity contribution in [2.75, 3.05) is 7.11 Å². The molecule has 0 aliphatic heterocycles. The number of aliphatic carboxylic acids is 1. The van der Waals surface area contributed by atoms with Gasteiger partial charge in [0.05, 0.1) is 0 Å². The molecule has 11 heavy (non-hydrogen) atoms. The van der Waals surface area contributed by atoms with Crippen molar-refractivity contribution in [1.82, 2.24) is 0 Å². The molecular weight excluding hydrogens is 152 g/mol. The lowest BCUT2D eigenvalue weighted by atomic mass is 10.4. The highest BCUT2D eigenvalue weighted by atomic mass is 16.6. The molecule has 0 saturated carbocycles. The van der Waals surface area contributed by atoms with Crippen molar-refractivity contribution in [3.63, 3.8) is 0 Å². The predicted octanol–water partition coefficient (Wildman–Crippen LogP) is -0.577. The van der Waals surface area contributed by atoms with E-state index in [1.807, 2.05) is 0 Å². The van der Waals surface area contributed by atoms with Crippen LogP contribution in [0, 0.1) is 0 Å². The van der Waals surface area contributed by atoms with Crippen molar-refractivity contribution >= 4 is 5.97 Å². The minimum Gasteiger partial charge on any atom is -0.481 e. The molecule has 0 bridgehead atoms. The molecule has 0 aromatic rings. The summed E-state index contributed by atoms with van der Waals surface area (Å²) < 4.78 is 4.32. The first-order valence-electron chi connectivity index (χ1n) is 3.00. The molecule has 3 N–H and O–H groups in total. The zero-order valence-electron chi connectivity index (χ0n) is 6.81. The lowest BCUT2D eigenvalue weighted by Gasteiger charge is -2.09. The van der Waals surface area contributed by atoms with Crippen molar-refractivity contribution < 1.29 is 24.9 Å². The summed E-state index contributed by atoms with van der Waals surface area (Å²) >= 11 is 0. The van der Waals surface area contributed by atoms with Gasteiger partial charge in [-0.2, -0.15) is 0 Å². The highest BCUT2D eigenvalue weighted by Crippen LogP contribution is 1.89. The van der Waals surface area contributed by atoms with Crippen LogP contribution in [-0.2, 0) is 9.53 Å². The summed E-state index contributed by atoms with van der Waals surface area (Å²) in [4.78, 5) is 9.00. The van der Waals surface area contributed by atoms with Crippen LogP contribution in [0.1, 0.15) is 13.8 Å². The quantitative estimate of drug-likeness (QED) is 0.478. The molecule has 0 rings (SSSR count). The Hall–Kier alpha value is -0.650. The zero-order valence-corrected chi connectivity index (χ0v) is 6.81. The molecule has 2 unspecified atom stereocenters. The number of carboxylic acid groups (broad SMARTS) is 1. The van der Waals surface area contributed by atoms with Gasteiger partial charge < -0.3 is 20.1 Å². The molecular formula is C6H14O5. The van der Waals surface area contributed by atoms with Crippen molar-refractivity contribution in [2.45, 2.75) is 26.2 Å². The Bertz CT molecular complexity index is 97.1. The summed E-state index contributed by atoms with van der Waals surface area (Å²) in [5.41, 5.74) is 0. The lowest BCUT2D eigenvalue weighted by molar-refractivity contribution is -0.137. The van der Waals surface area contributed by atoms with Crippen LogP contribution >= 0.6 is 0 Å². The van der Waals surface area contributed by atoms with Gasteiger partial charge in [-0.3, -0.25) is 4.79 Å². The van der Waals surface area contributed by atoms with E-state index in [0.717, 1.165) is 6.92 Å². The topological polar surface area (TPSA) is 87.0 Å². The Morgan fingerprint density at radius 2 is 1.73 bits per heavy atom. The van der Waals surface area contributed by atoms with Gasteiger partial charge in [0, 0.05) is 14.0 Å². The van der Waals surface area contributed by atoms with Crippen LogP contribution < -0.4 is 0 Å². The molecule has 5 nitrogen and oxygen atoms in total. The fourth-order valence-corrected chi connectivity index (χ4v) is 0.197. The van der Waals surface area contributed by atoms with Crippen molar-refractivity contribution in [1.29, 1.82) is 0 Å². The molecule has 0 spiro atoms. The van der Waals surface area contributed by atoms with Crippen molar-refractivity contribution in [3.8, 4) is 0 Å². The molecule has 0 aromatic carbocycles. The number of carbonyl (C=O) groups is 1. The molecule has 0 aliphatic carbocycles. The maximum atomic E-state index is 9.00. The normalized spacial score (nSPS) is 14.3. The smallest absolute Gasteiger partial charge is 0.300 e. The average Bonchev–Trinajstić information content (AvgIpc) is 1.85. The molecule has 0 amide bonds. The van der Waals surface area contributed by atoms with Gasteiger partial charge in [0.1, 0.15) is 6.10 Å². The summed E-state index contributed by atoms with van der Waals surface area (Å²) in [5.74, 6) is -0.833. The van der Waals surface area contributed by atoms with Gasteiger partial charge in [-0.25, -0.2) is 0 Å². The first kappa shape index (κ1) is 13.0. The largest absolute Gasteiger partial charge is 0.481 e. The van der Waals surface area contributed by atoms with Gasteiger partial charge in [-0.1, -0.05) is 0 Å². The minimum atomic E-state index is -1.04. The maximum absolute atomic E-state index is 9.00. The average molecular weight is 166 g/mol. The summed E-state index contributed by atoms with van der Waals surface area (Å²) in [6.07, 6.45) is -1.84. The summed E-state index contributed by atoms with van der Waals surface area (Å²) in [7, 11) is 1.33. The molecule has 0 radical (unpaired) electrons. The molecule has 0 aromatic heterocycles. The van der Waals surface area contributed by atoms with Gasteiger partial charge in [0.25, 0.3) is 5.97 Å². The number of aliphatic hydroxyl groups excluding tert-OH is 2. The van der Waals surface area contributed by atoms with Crippen LogP contribution in [0.5, 0.6) is 0 Å². The molecule has 0 saturated heterocycles. The molecule has 0 aliphatic rings. The SMILES string of the molecule is CC(=O)O.COC(O)C(C)O. The summed E-state index contributed by atoms with van der Waals surface area (Å²) in [5, 5.41) is 24.3. The number of methoxy groups -OCH3 is 1. The zero-order chi connectivity index (χ0) is 9.44. The first-order chi connectivity index (χ1) is 4.91. The summed E-state index contributed by atoms with van der Waals surface area (Å²) in [6, 6.07) is 0. The third kappa shape index (κ3) is 17.6. The third-order valence-electron chi connectivity index (χ3n) is 0.654. The predicted molar refractivity (Wildman–Crippen MR) is 38.0 cm³/mol. The second-order valence-electron chi connectivity index (χ2n) is 1.89. The standard InChI is InChI=1S/C4H10O3.C2H4O2/c1-3(5)4(6)7-2;1-2(3)4/h3-6H,1-2H3;1H3,(H,3,4). The third-order valence-corrected chi connectivity index (χ3v) is 0.654. The number of aliphatic hydroxyl groups is 2. The van der Waals surface area contributed by atoms with Crippen molar-refractivity contribution in [3.05, 3.63) is 0 Å². The Morgan fingerprint density at radius 1 is 1.45 bits per heavy atom. The van der Waals surface area contributed by atoms with Crippen LogP contribution in [-0.4, -0.2) is 40.8 Å². The van der Waals surface area contributed by atoms with Gasteiger partial charge in [0.2, 0.25) is 0 Å². The first-order valence-corrected chi connectivity index (χ1v) is 3.00. The maximum Gasteiger partial charge on any atom is 0.300 e. The molecule has 0 heterocycles.